The Kier molecular flexibility index (Phi) is 12.0. The van der Waals surface area contributed by atoms with Crippen LogP contribution in [0.25, 0.3) is 0 Å². The van der Waals surface area contributed by atoms with Crippen molar-refractivity contribution in [1.82, 2.24) is 0 Å². The van der Waals surface area contributed by atoms with E-state index in [0.29, 0.717) is 17.7 Å². The van der Waals surface area contributed by atoms with Crippen LogP contribution in [0.2, 0.25) is 0 Å². The molecule has 0 aliphatic carbocycles. The van der Waals surface area contributed by atoms with Gasteiger partial charge in [0.15, 0.2) is 18.3 Å². The van der Waals surface area contributed by atoms with E-state index >= 15 is 0 Å². The second-order valence-electron chi connectivity index (χ2n) is 10.8. The average Bonchev–Trinajstić information content (AvgIpc) is 3.37. The van der Waals surface area contributed by atoms with Crippen LogP contribution in [-0.2, 0) is 42.9 Å². The molecular formula is C30H38O11. The van der Waals surface area contributed by atoms with Crippen LogP contribution in [0.1, 0.15) is 51.0 Å². The summed E-state index contributed by atoms with van der Waals surface area (Å²) in [6, 6.07) is 17.7. The maximum atomic E-state index is 12.2. The van der Waals surface area contributed by atoms with Gasteiger partial charge in [-0.05, 0) is 11.1 Å². The minimum Gasteiger partial charge on any atom is -0.467 e. The van der Waals surface area contributed by atoms with E-state index in [-0.39, 0.29) is 6.61 Å². The number of benzene rings is 2. The molecule has 2 heterocycles. The lowest BCUT2D eigenvalue weighted by Crippen LogP contribution is -2.36. The third kappa shape index (κ3) is 9.10. The van der Waals surface area contributed by atoms with Gasteiger partial charge in [-0.3, -0.25) is 0 Å². The Labute approximate surface area is 239 Å². The number of ether oxygens (including phenoxy) is 5. The molecule has 0 aromatic heterocycles. The fraction of sp³-hybridized carbons (Fsp3) is 0.467. The van der Waals surface area contributed by atoms with Crippen LogP contribution in [0.4, 0.5) is 0 Å². The highest BCUT2D eigenvalue weighted by atomic mass is 16.6. The molecule has 41 heavy (non-hydrogen) atoms. The standard InChI is InChI=1S/C15H18O5.C9H10O3.C6H10O3/c1-15(2)9-19-14(17)12(15)20-13(16)11(18-3)10-7-5-4-6-8-10;1-12-9(11)8(10)7-5-3-2-4-6-7;1-6(2)3-9-5(8)4(6)7/h4-8,11-12H,9H2,1-3H3;2-6,8,10H,1H3;4,7H,3H2,1-2H3/t11-,12+;8-;4-/m100/s1. The lowest BCUT2D eigenvalue weighted by Gasteiger charge is -2.24. The molecule has 4 rings (SSSR count). The third-order valence-corrected chi connectivity index (χ3v) is 6.39. The zero-order valence-corrected chi connectivity index (χ0v) is 24.1. The fourth-order valence-electron chi connectivity index (χ4n) is 3.73. The molecule has 2 fully saturated rings. The Hall–Kier alpha value is -3.80. The van der Waals surface area contributed by atoms with E-state index in [1.165, 1.54) is 14.2 Å². The molecule has 0 bridgehead atoms. The SMILES string of the molecule is CC1(C)COC(=O)[C@@H]1O.COC(=O)[C@@H](O)c1ccccc1.CO[C@@H](C(=O)O[C@H]1C(=O)OCC1(C)C)c1ccccc1. The number of aliphatic hydroxyl groups excluding tert-OH is 2. The van der Waals surface area contributed by atoms with Gasteiger partial charge in [-0.2, -0.15) is 0 Å². The van der Waals surface area contributed by atoms with E-state index in [4.69, 9.17) is 19.3 Å². The minimum atomic E-state index is -1.17. The summed E-state index contributed by atoms with van der Waals surface area (Å²) in [6.07, 6.45) is -3.84. The molecule has 11 heteroatoms. The van der Waals surface area contributed by atoms with Crippen molar-refractivity contribution in [2.75, 3.05) is 27.4 Å². The van der Waals surface area contributed by atoms with Crippen LogP contribution >= 0.6 is 0 Å². The van der Waals surface area contributed by atoms with Gasteiger partial charge < -0.3 is 33.9 Å². The molecule has 2 aliphatic rings. The first-order valence-corrected chi connectivity index (χ1v) is 12.9. The maximum absolute atomic E-state index is 12.2. The van der Waals surface area contributed by atoms with E-state index < -0.39 is 59.1 Å². The predicted octanol–water partition coefficient (Wildman–Crippen LogP) is 2.69. The van der Waals surface area contributed by atoms with E-state index in [2.05, 4.69) is 9.47 Å². The molecule has 0 unspecified atom stereocenters. The lowest BCUT2D eigenvalue weighted by molar-refractivity contribution is -0.171. The molecule has 0 amide bonds. The summed E-state index contributed by atoms with van der Waals surface area (Å²) in [5.41, 5.74) is 0.312. The zero-order valence-electron chi connectivity index (χ0n) is 24.1. The largest absolute Gasteiger partial charge is 0.467 e. The topological polar surface area (TPSA) is 155 Å². The van der Waals surface area contributed by atoms with Crippen molar-refractivity contribution in [1.29, 1.82) is 0 Å². The van der Waals surface area contributed by atoms with E-state index in [1.54, 1.807) is 50.2 Å². The summed E-state index contributed by atoms with van der Waals surface area (Å²) >= 11 is 0. The third-order valence-electron chi connectivity index (χ3n) is 6.39. The van der Waals surface area contributed by atoms with Crippen molar-refractivity contribution in [3.63, 3.8) is 0 Å². The van der Waals surface area contributed by atoms with E-state index in [9.17, 15) is 24.3 Å². The first kappa shape index (κ1) is 33.4. The zero-order chi connectivity index (χ0) is 30.8. The van der Waals surface area contributed by atoms with E-state index in [1.807, 2.05) is 38.1 Å². The minimum absolute atomic E-state index is 0.243. The first-order valence-electron chi connectivity index (χ1n) is 12.9. The van der Waals surface area contributed by atoms with Crippen LogP contribution in [0.3, 0.4) is 0 Å². The summed E-state index contributed by atoms with van der Waals surface area (Å²) in [6.45, 7) is 7.80. The van der Waals surface area contributed by atoms with Crippen molar-refractivity contribution < 1.29 is 53.1 Å². The van der Waals surface area contributed by atoms with Crippen molar-refractivity contribution in [3.8, 4) is 0 Å². The summed E-state index contributed by atoms with van der Waals surface area (Å²) in [7, 11) is 2.67. The van der Waals surface area contributed by atoms with Crippen LogP contribution < -0.4 is 0 Å². The number of aliphatic hydroxyl groups is 2. The average molecular weight is 575 g/mol. The summed E-state index contributed by atoms with van der Waals surface area (Å²) in [5.74, 6) is -2.23. The Morgan fingerprint density at radius 3 is 1.66 bits per heavy atom. The molecule has 224 valence electrons. The van der Waals surface area contributed by atoms with Gasteiger partial charge in [0.1, 0.15) is 6.61 Å². The van der Waals surface area contributed by atoms with Gasteiger partial charge in [-0.25, -0.2) is 19.2 Å². The second-order valence-corrected chi connectivity index (χ2v) is 10.8. The highest BCUT2D eigenvalue weighted by molar-refractivity contribution is 5.84. The number of rotatable bonds is 6. The van der Waals surface area contributed by atoms with Gasteiger partial charge in [0.2, 0.25) is 6.10 Å². The molecule has 2 aromatic rings. The number of methoxy groups -OCH3 is 2. The smallest absolute Gasteiger partial charge is 0.348 e. The highest BCUT2D eigenvalue weighted by Crippen LogP contribution is 2.32. The molecule has 4 atom stereocenters. The first-order chi connectivity index (χ1) is 19.2. The van der Waals surface area contributed by atoms with Crippen LogP contribution in [0, 0.1) is 10.8 Å². The normalized spacial score (nSPS) is 21.5. The molecule has 0 saturated carbocycles. The fourth-order valence-corrected chi connectivity index (χ4v) is 3.73. The number of cyclic esters (lactones) is 2. The van der Waals surface area contributed by atoms with Gasteiger partial charge >= 0.3 is 23.9 Å². The van der Waals surface area contributed by atoms with Crippen LogP contribution in [0.15, 0.2) is 60.7 Å². The summed E-state index contributed by atoms with van der Waals surface area (Å²) in [5, 5.41) is 18.4. The molecule has 11 nitrogen and oxygen atoms in total. The Balaban J connectivity index is 0.000000237. The Morgan fingerprint density at radius 1 is 0.805 bits per heavy atom. The van der Waals surface area contributed by atoms with Crippen LogP contribution in [-0.4, -0.2) is 73.7 Å². The van der Waals surface area contributed by atoms with E-state index in [0.717, 1.165) is 0 Å². The number of carbonyl (C=O) groups is 4. The van der Waals surface area contributed by atoms with Gasteiger partial charge in [-0.15, -0.1) is 0 Å². The molecule has 2 N–H and O–H groups in total. The molecule has 2 aliphatic heterocycles. The number of carbonyl (C=O) groups excluding carboxylic acids is 4. The van der Waals surface area contributed by atoms with Crippen LogP contribution in [0.5, 0.6) is 0 Å². The summed E-state index contributed by atoms with van der Waals surface area (Å²) < 4.78 is 24.4. The van der Waals surface area contributed by atoms with Gasteiger partial charge in [0, 0.05) is 17.9 Å². The molecule has 0 spiro atoms. The Morgan fingerprint density at radius 2 is 1.29 bits per heavy atom. The lowest BCUT2D eigenvalue weighted by atomic mass is 9.90. The predicted molar refractivity (Wildman–Crippen MR) is 145 cm³/mol. The summed E-state index contributed by atoms with van der Waals surface area (Å²) in [4.78, 5) is 45.2. The molecular weight excluding hydrogens is 536 g/mol. The molecule has 2 saturated heterocycles. The monoisotopic (exact) mass is 574 g/mol. The number of esters is 4. The highest BCUT2D eigenvalue weighted by Gasteiger charge is 2.47. The quantitative estimate of drug-likeness (QED) is 0.386. The number of hydrogen-bond acceptors (Lipinski definition) is 11. The second kappa shape index (κ2) is 14.7. The van der Waals surface area contributed by atoms with Crippen molar-refractivity contribution in [2.45, 2.75) is 52.1 Å². The van der Waals surface area contributed by atoms with Gasteiger partial charge in [-0.1, -0.05) is 88.4 Å². The van der Waals surface area contributed by atoms with Gasteiger partial charge in [0.25, 0.3) is 0 Å². The van der Waals surface area contributed by atoms with Crippen molar-refractivity contribution >= 4 is 23.9 Å². The molecule has 2 aromatic carbocycles. The molecule has 0 radical (unpaired) electrons. The number of hydrogen-bond donors (Lipinski definition) is 2. The van der Waals surface area contributed by atoms with Crippen molar-refractivity contribution in [3.05, 3.63) is 71.8 Å². The van der Waals surface area contributed by atoms with Gasteiger partial charge in [0.05, 0.1) is 13.7 Å². The van der Waals surface area contributed by atoms with Crippen molar-refractivity contribution in [2.24, 2.45) is 10.8 Å². The Bertz CT molecular complexity index is 1160. The maximum Gasteiger partial charge on any atom is 0.348 e.